The highest BCUT2D eigenvalue weighted by Gasteiger charge is 2.38. The van der Waals surface area contributed by atoms with Crippen LogP contribution in [0.3, 0.4) is 0 Å². The van der Waals surface area contributed by atoms with E-state index < -0.39 is 5.41 Å². The van der Waals surface area contributed by atoms with Crippen molar-refractivity contribution in [3.63, 3.8) is 0 Å². The van der Waals surface area contributed by atoms with E-state index in [1.165, 1.54) is 0 Å². The molecule has 1 heterocycles. The third-order valence-corrected chi connectivity index (χ3v) is 3.52. The molecule has 0 aromatic carbocycles. The summed E-state index contributed by atoms with van der Waals surface area (Å²) in [4.78, 5) is 16.4. The molecule has 0 spiro atoms. The molecule has 1 rings (SSSR count). The zero-order valence-corrected chi connectivity index (χ0v) is 10.7. The third-order valence-electron chi connectivity index (χ3n) is 3.52. The van der Waals surface area contributed by atoms with Gasteiger partial charge in [0.2, 0.25) is 5.91 Å². The minimum absolute atomic E-state index is 0.0156. The fraction of sp³-hybridized carbons (Fsp3) is 0.833. The minimum atomic E-state index is -0.857. The second-order valence-electron chi connectivity index (χ2n) is 4.91. The molecule has 0 aromatic rings. The van der Waals surface area contributed by atoms with Crippen LogP contribution in [0.2, 0.25) is 0 Å². The molecular formula is C12H21N3O. The lowest BCUT2D eigenvalue weighted by Crippen LogP contribution is -2.56. The molecule has 1 fully saturated rings. The van der Waals surface area contributed by atoms with Crippen molar-refractivity contribution in [1.29, 1.82) is 5.26 Å². The summed E-state index contributed by atoms with van der Waals surface area (Å²) in [6.45, 7) is 8.18. The minimum Gasteiger partial charge on any atom is -0.336 e. The van der Waals surface area contributed by atoms with Crippen LogP contribution in [-0.4, -0.2) is 48.4 Å². The van der Waals surface area contributed by atoms with Gasteiger partial charge in [0.05, 0.1) is 6.07 Å². The largest absolute Gasteiger partial charge is 0.336 e. The van der Waals surface area contributed by atoms with Gasteiger partial charge in [0.1, 0.15) is 5.41 Å². The number of carbonyl (C=O) groups excluding carboxylic acids is 1. The maximum Gasteiger partial charge on any atom is 0.243 e. The van der Waals surface area contributed by atoms with E-state index in [1.54, 1.807) is 6.92 Å². The Balaban J connectivity index is 2.79. The van der Waals surface area contributed by atoms with E-state index in [9.17, 15) is 4.79 Å². The monoisotopic (exact) mass is 223 g/mol. The first-order chi connectivity index (χ1) is 7.44. The second kappa shape index (κ2) is 4.84. The van der Waals surface area contributed by atoms with Crippen LogP contribution in [0.15, 0.2) is 0 Å². The summed E-state index contributed by atoms with van der Waals surface area (Å²) in [6.07, 6.45) is 0.571. The number of piperazine rings is 1. The van der Waals surface area contributed by atoms with Gasteiger partial charge < -0.3 is 9.80 Å². The highest BCUT2D eigenvalue weighted by Crippen LogP contribution is 2.25. The number of nitriles is 1. The fourth-order valence-electron chi connectivity index (χ4n) is 2.04. The molecule has 16 heavy (non-hydrogen) atoms. The summed E-state index contributed by atoms with van der Waals surface area (Å²) < 4.78 is 0. The molecule has 1 aliphatic heterocycles. The molecule has 2 unspecified atom stereocenters. The Bertz CT molecular complexity index is 310. The number of amides is 1. The Labute approximate surface area is 97.8 Å². The predicted molar refractivity (Wildman–Crippen MR) is 62.7 cm³/mol. The van der Waals surface area contributed by atoms with Gasteiger partial charge in [-0.3, -0.25) is 4.79 Å². The average molecular weight is 223 g/mol. The van der Waals surface area contributed by atoms with Crippen LogP contribution in [-0.2, 0) is 4.79 Å². The Morgan fingerprint density at radius 2 is 2.19 bits per heavy atom. The molecule has 1 aliphatic rings. The number of hydrogen-bond acceptors (Lipinski definition) is 3. The summed E-state index contributed by atoms with van der Waals surface area (Å²) in [7, 11) is 2.06. The summed E-state index contributed by atoms with van der Waals surface area (Å²) in [5, 5.41) is 9.12. The topological polar surface area (TPSA) is 47.3 Å². The molecule has 4 heteroatoms. The van der Waals surface area contributed by atoms with Crippen molar-refractivity contribution in [1.82, 2.24) is 9.80 Å². The molecule has 1 amide bonds. The smallest absolute Gasteiger partial charge is 0.243 e. The molecule has 0 aromatic heterocycles. The molecule has 0 aliphatic carbocycles. The summed E-state index contributed by atoms with van der Waals surface area (Å²) in [5.41, 5.74) is -0.857. The standard InChI is InChI=1S/C12H21N3O/c1-5-12(3,9-13)11(16)15-7-6-14(4)8-10(15)2/h10H,5-8H2,1-4H3. The van der Waals surface area contributed by atoms with E-state index in [1.807, 2.05) is 18.7 Å². The highest BCUT2D eigenvalue weighted by atomic mass is 16.2. The van der Waals surface area contributed by atoms with Crippen molar-refractivity contribution in [3.8, 4) is 6.07 Å². The second-order valence-corrected chi connectivity index (χ2v) is 4.91. The zero-order chi connectivity index (χ0) is 12.3. The van der Waals surface area contributed by atoms with Crippen molar-refractivity contribution in [3.05, 3.63) is 0 Å². The zero-order valence-electron chi connectivity index (χ0n) is 10.7. The van der Waals surface area contributed by atoms with Crippen LogP contribution < -0.4 is 0 Å². The highest BCUT2D eigenvalue weighted by molar-refractivity contribution is 5.85. The van der Waals surface area contributed by atoms with Gasteiger partial charge in [0, 0.05) is 25.7 Å². The van der Waals surface area contributed by atoms with E-state index in [2.05, 4.69) is 18.0 Å². The van der Waals surface area contributed by atoms with Gasteiger partial charge in [-0.25, -0.2) is 0 Å². The quantitative estimate of drug-likeness (QED) is 0.704. The Morgan fingerprint density at radius 3 is 2.62 bits per heavy atom. The van der Waals surface area contributed by atoms with Crippen LogP contribution in [0.1, 0.15) is 27.2 Å². The lowest BCUT2D eigenvalue weighted by Gasteiger charge is -2.40. The summed E-state index contributed by atoms with van der Waals surface area (Å²) in [5.74, 6) is -0.0156. The Morgan fingerprint density at radius 1 is 1.56 bits per heavy atom. The van der Waals surface area contributed by atoms with Gasteiger partial charge in [-0.15, -0.1) is 0 Å². The molecule has 90 valence electrons. The molecule has 0 radical (unpaired) electrons. The molecule has 2 atom stereocenters. The van der Waals surface area contributed by atoms with Gasteiger partial charge in [-0.05, 0) is 27.3 Å². The fourth-order valence-corrected chi connectivity index (χ4v) is 2.04. The summed E-state index contributed by atoms with van der Waals surface area (Å²) >= 11 is 0. The van der Waals surface area contributed by atoms with Crippen molar-refractivity contribution >= 4 is 5.91 Å². The van der Waals surface area contributed by atoms with Crippen molar-refractivity contribution in [2.45, 2.75) is 33.2 Å². The SMILES string of the molecule is CCC(C)(C#N)C(=O)N1CCN(C)CC1C. The van der Waals surface area contributed by atoms with E-state index in [-0.39, 0.29) is 11.9 Å². The number of carbonyl (C=O) groups is 1. The van der Waals surface area contributed by atoms with Crippen LogP contribution in [0, 0.1) is 16.7 Å². The first-order valence-electron chi connectivity index (χ1n) is 5.85. The van der Waals surface area contributed by atoms with Gasteiger partial charge in [0.15, 0.2) is 0 Å². The molecule has 0 saturated carbocycles. The van der Waals surface area contributed by atoms with Gasteiger partial charge in [0.25, 0.3) is 0 Å². The van der Waals surface area contributed by atoms with Crippen LogP contribution in [0.4, 0.5) is 0 Å². The first-order valence-corrected chi connectivity index (χ1v) is 5.85. The lowest BCUT2D eigenvalue weighted by atomic mass is 9.87. The molecule has 1 saturated heterocycles. The first kappa shape index (κ1) is 13.0. The van der Waals surface area contributed by atoms with E-state index in [4.69, 9.17) is 5.26 Å². The average Bonchev–Trinajstić information content (AvgIpc) is 2.27. The molecule has 0 N–H and O–H groups in total. The Hall–Kier alpha value is -1.08. The van der Waals surface area contributed by atoms with E-state index in [0.717, 1.165) is 19.6 Å². The van der Waals surface area contributed by atoms with Crippen LogP contribution in [0.5, 0.6) is 0 Å². The molecule has 4 nitrogen and oxygen atoms in total. The van der Waals surface area contributed by atoms with Crippen molar-refractivity contribution in [2.75, 3.05) is 26.7 Å². The van der Waals surface area contributed by atoms with Gasteiger partial charge >= 0.3 is 0 Å². The maximum absolute atomic E-state index is 12.3. The van der Waals surface area contributed by atoms with Crippen molar-refractivity contribution < 1.29 is 4.79 Å². The number of rotatable bonds is 2. The Kier molecular flexibility index (Phi) is 3.93. The number of nitrogens with zero attached hydrogens (tertiary/aromatic N) is 3. The number of hydrogen-bond donors (Lipinski definition) is 0. The third kappa shape index (κ3) is 2.35. The van der Waals surface area contributed by atoms with Gasteiger partial charge in [-0.1, -0.05) is 6.92 Å². The molecular weight excluding hydrogens is 202 g/mol. The number of likely N-dealkylation sites (N-methyl/N-ethyl adjacent to an activating group) is 1. The van der Waals surface area contributed by atoms with Crippen molar-refractivity contribution in [2.24, 2.45) is 5.41 Å². The molecule has 0 bridgehead atoms. The maximum atomic E-state index is 12.3. The normalized spacial score (nSPS) is 25.9. The predicted octanol–water partition coefficient (Wildman–Crippen LogP) is 1.09. The van der Waals surface area contributed by atoms with E-state index in [0.29, 0.717) is 6.42 Å². The lowest BCUT2D eigenvalue weighted by molar-refractivity contribution is -0.142. The van der Waals surface area contributed by atoms with Crippen LogP contribution in [0.25, 0.3) is 0 Å². The van der Waals surface area contributed by atoms with Crippen LogP contribution >= 0.6 is 0 Å². The van der Waals surface area contributed by atoms with Gasteiger partial charge in [-0.2, -0.15) is 5.26 Å². The van der Waals surface area contributed by atoms with E-state index >= 15 is 0 Å². The summed E-state index contributed by atoms with van der Waals surface area (Å²) in [6, 6.07) is 2.35.